The topological polar surface area (TPSA) is 0 Å². The lowest BCUT2D eigenvalue weighted by molar-refractivity contribution is 1.21. The Kier molecular flexibility index (Phi) is 6.44. The summed E-state index contributed by atoms with van der Waals surface area (Å²) in [4.78, 5) is 0. The van der Waals surface area contributed by atoms with Crippen LogP contribution in [0, 0.1) is 74.5 Å². The highest BCUT2D eigenvalue weighted by molar-refractivity contribution is 5.47. The molecular formula is C44H30. The van der Waals surface area contributed by atoms with Crippen molar-refractivity contribution < 1.29 is 0 Å². The monoisotopic (exact) mass is 558 g/mol. The molecule has 0 aliphatic heterocycles. The summed E-state index contributed by atoms with van der Waals surface area (Å²) in [6.45, 7) is 2.16. The zero-order valence-corrected chi connectivity index (χ0v) is 24.6. The summed E-state index contributed by atoms with van der Waals surface area (Å²) >= 11 is 0. The Balaban J connectivity index is 1.46. The molecule has 44 heavy (non-hydrogen) atoms. The van der Waals surface area contributed by atoms with Crippen LogP contribution in [0.25, 0.3) is 0 Å². The number of hydrogen-bond donors (Lipinski definition) is 0. The van der Waals surface area contributed by atoms with E-state index in [-0.39, 0.29) is 0 Å². The van der Waals surface area contributed by atoms with Crippen molar-refractivity contribution in [2.75, 3.05) is 0 Å². The van der Waals surface area contributed by atoms with Crippen LogP contribution in [0.5, 0.6) is 0 Å². The number of allylic oxidation sites excluding steroid dienone is 4. The van der Waals surface area contributed by atoms with Gasteiger partial charge in [0.2, 0.25) is 0 Å². The molecular weight excluding hydrogens is 528 g/mol. The number of hydrogen-bond acceptors (Lipinski definition) is 0. The molecule has 23 rings (SSSR count). The van der Waals surface area contributed by atoms with Crippen LogP contribution in [-0.4, -0.2) is 0 Å². The Bertz CT molecular complexity index is 2750. The molecule has 17 aliphatic rings. The lowest BCUT2D eigenvalue weighted by Crippen LogP contribution is -1.85. The summed E-state index contributed by atoms with van der Waals surface area (Å²) < 4.78 is 0. The van der Waals surface area contributed by atoms with Crippen LogP contribution < -0.4 is 0 Å². The molecule has 0 fully saturated rings. The molecule has 12 bridgehead atoms. The number of rotatable bonds is 0. The fraction of sp³-hybridized carbons (Fsp3) is 0.0455. The fourth-order valence-electron chi connectivity index (χ4n) is 6.24. The van der Waals surface area contributed by atoms with Gasteiger partial charge in [0, 0.05) is 17.6 Å². The SMILES string of the molecule is CC1=CC=C(C#Cc2cc3ccc2=c2ccc(cc2)=c2ccc(cc2)=c2ccc(cc2)=c2ccc(cc2)=c2ccc=3cc2)C1. The van der Waals surface area contributed by atoms with Gasteiger partial charge < -0.3 is 0 Å². The molecule has 0 nitrogen and oxygen atoms in total. The summed E-state index contributed by atoms with van der Waals surface area (Å²) in [7, 11) is 0. The maximum atomic E-state index is 3.54. The molecule has 0 radical (unpaired) electrons. The molecule has 6 aromatic carbocycles. The van der Waals surface area contributed by atoms with Gasteiger partial charge in [-0.2, -0.15) is 0 Å². The molecule has 0 aromatic heterocycles. The maximum absolute atomic E-state index is 3.54. The van der Waals surface area contributed by atoms with E-state index in [1.807, 2.05) is 0 Å². The first kappa shape index (κ1) is 26.0. The van der Waals surface area contributed by atoms with Gasteiger partial charge in [-0.05, 0) is 75.6 Å². The molecule has 0 amide bonds. The van der Waals surface area contributed by atoms with Crippen molar-refractivity contribution in [1.82, 2.24) is 0 Å². The minimum absolute atomic E-state index is 0.934. The Morgan fingerprint density at radius 3 is 1.07 bits per heavy atom. The zero-order chi connectivity index (χ0) is 29.5. The summed E-state index contributed by atoms with van der Waals surface area (Å²) in [5, 5.41) is 14.4. The van der Waals surface area contributed by atoms with E-state index in [0.717, 1.165) is 17.2 Å². The second-order valence-corrected chi connectivity index (χ2v) is 11.8. The Morgan fingerprint density at radius 2 is 0.705 bits per heavy atom. The second-order valence-electron chi connectivity index (χ2n) is 11.8. The lowest BCUT2D eigenvalue weighted by Gasteiger charge is -1.99. The van der Waals surface area contributed by atoms with E-state index in [1.165, 1.54) is 68.6 Å². The first-order chi connectivity index (χ1) is 21.7. The predicted molar refractivity (Wildman–Crippen MR) is 178 cm³/mol. The minimum Gasteiger partial charge on any atom is -0.0683 e. The molecule has 0 heteroatoms. The molecule has 0 atom stereocenters. The molecule has 17 aliphatic carbocycles. The Morgan fingerprint density at radius 1 is 0.364 bits per heavy atom. The van der Waals surface area contributed by atoms with Crippen LogP contribution >= 0.6 is 0 Å². The lowest BCUT2D eigenvalue weighted by atomic mass is 10.0. The van der Waals surface area contributed by atoms with Gasteiger partial charge in [0.25, 0.3) is 0 Å². The largest absolute Gasteiger partial charge is 0.0683 e. The summed E-state index contributed by atoms with van der Waals surface area (Å²) in [6.07, 6.45) is 5.25. The molecule has 0 saturated carbocycles. The standard InChI is InChI=1S/C44H30/c1-30-2-3-31(28-30)4-5-43-29-42-26-27-44(43)41-24-22-39(23-25-41)37-16-14-35(15-17-37)33-8-6-32(7-9-33)34-10-12-36(13-11-34)38-18-20-40(42)21-19-38/h2-3,6-27,29H,28H2,1H3. The summed E-state index contributed by atoms with van der Waals surface area (Å²) in [5.74, 6) is 7.01. The molecule has 6 aromatic rings. The zero-order valence-electron chi connectivity index (χ0n) is 24.6. The third kappa shape index (κ3) is 5.00. The van der Waals surface area contributed by atoms with E-state index in [4.69, 9.17) is 0 Å². The fourth-order valence-corrected chi connectivity index (χ4v) is 6.24. The van der Waals surface area contributed by atoms with E-state index in [9.17, 15) is 0 Å². The van der Waals surface area contributed by atoms with Gasteiger partial charge >= 0.3 is 0 Å². The highest BCUT2D eigenvalue weighted by atomic mass is 14.1. The van der Waals surface area contributed by atoms with Crippen molar-refractivity contribution >= 4 is 0 Å². The molecule has 0 unspecified atom stereocenters. The van der Waals surface area contributed by atoms with Gasteiger partial charge in [0.15, 0.2) is 0 Å². The molecule has 0 heterocycles. The van der Waals surface area contributed by atoms with Crippen molar-refractivity contribution in [1.29, 1.82) is 0 Å². The van der Waals surface area contributed by atoms with E-state index in [1.54, 1.807) is 0 Å². The van der Waals surface area contributed by atoms with E-state index in [2.05, 4.69) is 170 Å². The van der Waals surface area contributed by atoms with Crippen molar-refractivity contribution in [3.63, 3.8) is 0 Å². The van der Waals surface area contributed by atoms with E-state index >= 15 is 0 Å². The average molecular weight is 559 g/mol. The van der Waals surface area contributed by atoms with Crippen molar-refractivity contribution in [2.24, 2.45) is 0 Å². The van der Waals surface area contributed by atoms with Crippen LogP contribution in [-0.2, 0) is 0 Å². The highest BCUT2D eigenvalue weighted by Gasteiger charge is 2.01. The van der Waals surface area contributed by atoms with Crippen LogP contribution in [0.2, 0.25) is 0 Å². The van der Waals surface area contributed by atoms with Crippen LogP contribution in [0.4, 0.5) is 0 Å². The van der Waals surface area contributed by atoms with Gasteiger partial charge in [0.1, 0.15) is 0 Å². The average Bonchev–Trinajstić information content (AvgIpc) is 3.52. The van der Waals surface area contributed by atoms with Crippen LogP contribution in [0.1, 0.15) is 18.9 Å². The van der Waals surface area contributed by atoms with E-state index < -0.39 is 0 Å². The van der Waals surface area contributed by atoms with E-state index in [0.29, 0.717) is 0 Å². The first-order valence-electron chi connectivity index (χ1n) is 15.2. The minimum atomic E-state index is 0.934. The van der Waals surface area contributed by atoms with Gasteiger partial charge in [-0.1, -0.05) is 163 Å². The predicted octanol–water partition coefficient (Wildman–Crippen LogP) is 9.35. The first-order valence-corrected chi connectivity index (χ1v) is 15.2. The molecule has 0 saturated heterocycles. The second kappa shape index (κ2) is 10.9. The molecule has 206 valence electrons. The van der Waals surface area contributed by atoms with Crippen molar-refractivity contribution in [2.45, 2.75) is 13.3 Å². The maximum Gasteiger partial charge on any atom is 0.0333 e. The number of benzene rings is 6. The summed E-state index contributed by atoms with van der Waals surface area (Å²) in [6, 6.07) is 51.1. The van der Waals surface area contributed by atoms with Gasteiger partial charge in [-0.15, -0.1) is 0 Å². The highest BCUT2D eigenvalue weighted by Crippen LogP contribution is 2.17. The third-order valence-corrected chi connectivity index (χ3v) is 8.82. The Labute approximate surface area is 255 Å². The quantitative estimate of drug-likeness (QED) is 0.163. The van der Waals surface area contributed by atoms with Gasteiger partial charge in [0.05, 0.1) is 0 Å². The van der Waals surface area contributed by atoms with Gasteiger partial charge in [-0.25, -0.2) is 0 Å². The van der Waals surface area contributed by atoms with Gasteiger partial charge in [-0.3, -0.25) is 0 Å². The van der Waals surface area contributed by atoms with Crippen LogP contribution in [0.3, 0.4) is 0 Å². The molecule has 0 spiro atoms. The Hall–Kier alpha value is -5.64. The van der Waals surface area contributed by atoms with Crippen molar-refractivity contribution in [3.05, 3.63) is 231 Å². The third-order valence-electron chi connectivity index (χ3n) is 8.82. The summed E-state index contributed by atoms with van der Waals surface area (Å²) in [5.41, 5.74) is 3.57. The van der Waals surface area contributed by atoms with Crippen LogP contribution in [0.15, 0.2) is 163 Å². The molecule has 0 N–H and O–H groups in total. The normalized spacial score (nSPS) is 12.7. The smallest absolute Gasteiger partial charge is 0.0333 e. The van der Waals surface area contributed by atoms with Crippen molar-refractivity contribution in [3.8, 4) is 11.8 Å².